The monoisotopic (exact) mass is 271 g/mol. The van der Waals surface area contributed by atoms with Gasteiger partial charge in [0, 0.05) is 6.07 Å². The molecule has 0 aliphatic rings. The number of rotatable bonds is 4. The van der Waals surface area contributed by atoms with E-state index in [1.807, 2.05) is 0 Å². The lowest BCUT2D eigenvalue weighted by Crippen LogP contribution is -2.10. The largest absolute Gasteiger partial charge is 0.469 e. The van der Waals surface area contributed by atoms with E-state index in [1.165, 1.54) is 6.07 Å². The molecule has 1 heterocycles. The van der Waals surface area contributed by atoms with Gasteiger partial charge < -0.3 is 4.74 Å². The summed E-state index contributed by atoms with van der Waals surface area (Å²) in [5.41, 5.74) is -2.64. The summed E-state index contributed by atoms with van der Waals surface area (Å²) in [6, 6.07) is 2.10. The van der Waals surface area contributed by atoms with E-state index in [0.717, 1.165) is 13.2 Å². The highest BCUT2D eigenvalue weighted by Crippen LogP contribution is 2.27. The molecule has 0 aliphatic heterocycles. The maximum Gasteiger partial charge on any atom is 0.310 e. The van der Waals surface area contributed by atoms with Crippen LogP contribution in [0.5, 0.6) is 0 Å². The smallest absolute Gasteiger partial charge is 0.310 e. The molecule has 0 atom stereocenters. The number of ether oxygens (including phenoxy) is 1. The van der Waals surface area contributed by atoms with E-state index in [-0.39, 0.29) is 5.56 Å². The normalized spacial score (nSPS) is 10.1. The molecule has 9 heteroatoms. The zero-order valence-electron chi connectivity index (χ0n) is 9.59. The summed E-state index contributed by atoms with van der Waals surface area (Å²) in [7, 11) is 1.05. The number of nitro groups is 1. The van der Waals surface area contributed by atoms with Crippen molar-refractivity contribution in [2.45, 2.75) is 12.8 Å². The number of methoxy groups -OCH3 is 1. The van der Waals surface area contributed by atoms with Crippen LogP contribution < -0.4 is 0 Å². The molecule has 0 amide bonds. The maximum atomic E-state index is 12.7. The topological polar surface area (TPSA) is 106 Å². The second-order valence-corrected chi connectivity index (χ2v) is 3.32. The van der Waals surface area contributed by atoms with Crippen LogP contribution in [-0.2, 0) is 16.0 Å². The van der Waals surface area contributed by atoms with Crippen LogP contribution in [0.15, 0.2) is 6.07 Å². The first kappa shape index (κ1) is 14.4. The number of esters is 1. The van der Waals surface area contributed by atoms with E-state index in [0.29, 0.717) is 0 Å². The number of nitriles is 1. The highest BCUT2D eigenvalue weighted by molar-refractivity contribution is 5.73. The summed E-state index contributed by atoms with van der Waals surface area (Å²) in [5.74, 6) is -0.845. The number of alkyl halides is 2. The molecule has 1 aromatic rings. The first-order chi connectivity index (χ1) is 8.90. The molecule has 1 rings (SSSR count). The molecule has 100 valence electrons. The Hall–Kier alpha value is -2.63. The van der Waals surface area contributed by atoms with Gasteiger partial charge in [-0.05, 0) is 5.56 Å². The lowest BCUT2D eigenvalue weighted by molar-refractivity contribution is -0.385. The number of halogens is 2. The van der Waals surface area contributed by atoms with Gasteiger partial charge in [-0.15, -0.1) is 0 Å². The zero-order valence-corrected chi connectivity index (χ0v) is 9.59. The molecule has 0 fully saturated rings. The van der Waals surface area contributed by atoms with E-state index < -0.39 is 40.8 Å². The number of carbonyl (C=O) groups excluding carboxylic acids is 1. The van der Waals surface area contributed by atoms with Crippen LogP contribution in [0, 0.1) is 21.4 Å². The van der Waals surface area contributed by atoms with Gasteiger partial charge in [-0.2, -0.15) is 5.26 Å². The Kier molecular flexibility index (Phi) is 4.41. The Bertz CT molecular complexity index is 569. The van der Waals surface area contributed by atoms with E-state index in [2.05, 4.69) is 9.72 Å². The highest BCUT2D eigenvalue weighted by atomic mass is 19.3. The predicted octanol–water partition coefficient (Wildman–Crippen LogP) is 1.51. The summed E-state index contributed by atoms with van der Waals surface area (Å²) in [6.45, 7) is 0. The Labute approximate surface area is 105 Å². The molecule has 0 radical (unpaired) electrons. The SMILES string of the molecule is COC(=O)Cc1cc([N+](=O)[O-])c(C#N)nc1C(F)F. The quantitative estimate of drug-likeness (QED) is 0.466. The Morgan fingerprint density at radius 3 is 2.74 bits per heavy atom. The molecule has 0 bridgehead atoms. The molecule has 19 heavy (non-hydrogen) atoms. The Balaban J connectivity index is 3.42. The van der Waals surface area contributed by atoms with Gasteiger partial charge in [0.2, 0.25) is 5.69 Å². The van der Waals surface area contributed by atoms with Crippen molar-refractivity contribution < 1.29 is 23.2 Å². The second kappa shape index (κ2) is 5.81. The van der Waals surface area contributed by atoms with Crippen LogP contribution in [0.2, 0.25) is 0 Å². The standard InChI is InChI=1S/C10H7F2N3O4/c1-19-8(16)3-5-2-7(15(17)18)6(4-13)14-9(5)10(11)12/h2,10H,3H2,1H3. The first-order valence-corrected chi connectivity index (χ1v) is 4.84. The fraction of sp³-hybridized carbons (Fsp3) is 0.300. The summed E-state index contributed by atoms with van der Waals surface area (Å²) in [4.78, 5) is 24.1. The van der Waals surface area contributed by atoms with Gasteiger partial charge >= 0.3 is 11.7 Å². The number of hydrogen-bond acceptors (Lipinski definition) is 6. The molecule has 0 N–H and O–H groups in total. The van der Waals surface area contributed by atoms with Crippen molar-refractivity contribution in [3.8, 4) is 6.07 Å². The van der Waals surface area contributed by atoms with Crippen LogP contribution in [0.4, 0.5) is 14.5 Å². The van der Waals surface area contributed by atoms with Crippen molar-refractivity contribution in [3.05, 3.63) is 33.1 Å². The number of hydrogen-bond donors (Lipinski definition) is 0. The second-order valence-electron chi connectivity index (χ2n) is 3.32. The van der Waals surface area contributed by atoms with Crippen LogP contribution >= 0.6 is 0 Å². The molecule has 0 saturated carbocycles. The molecular formula is C10H7F2N3O4. The fourth-order valence-corrected chi connectivity index (χ4v) is 1.34. The summed E-state index contributed by atoms with van der Waals surface area (Å²) in [6.07, 6.45) is -3.65. The van der Waals surface area contributed by atoms with Crippen molar-refractivity contribution in [1.29, 1.82) is 5.26 Å². The minimum atomic E-state index is -3.06. The molecule has 0 unspecified atom stereocenters. The van der Waals surface area contributed by atoms with Gasteiger partial charge in [-0.1, -0.05) is 0 Å². The maximum absolute atomic E-state index is 12.7. The van der Waals surface area contributed by atoms with Gasteiger partial charge in [0.05, 0.1) is 18.5 Å². The molecule has 0 spiro atoms. The van der Waals surface area contributed by atoms with Crippen molar-refractivity contribution in [3.63, 3.8) is 0 Å². The molecule has 0 saturated heterocycles. The third-order valence-corrected chi connectivity index (χ3v) is 2.19. The van der Waals surface area contributed by atoms with Crippen molar-refractivity contribution >= 4 is 11.7 Å². The molecule has 7 nitrogen and oxygen atoms in total. The average molecular weight is 271 g/mol. The van der Waals surface area contributed by atoms with E-state index in [1.54, 1.807) is 0 Å². The van der Waals surface area contributed by atoms with Crippen molar-refractivity contribution in [1.82, 2.24) is 4.98 Å². The summed E-state index contributed by atoms with van der Waals surface area (Å²) < 4.78 is 29.8. The van der Waals surface area contributed by atoms with Gasteiger partial charge in [0.15, 0.2) is 0 Å². The lowest BCUT2D eigenvalue weighted by atomic mass is 10.1. The highest BCUT2D eigenvalue weighted by Gasteiger charge is 2.25. The number of aromatic nitrogens is 1. The summed E-state index contributed by atoms with van der Waals surface area (Å²) in [5, 5.41) is 19.3. The predicted molar refractivity (Wildman–Crippen MR) is 56.3 cm³/mol. The van der Waals surface area contributed by atoms with E-state index in [9.17, 15) is 23.7 Å². The van der Waals surface area contributed by atoms with Crippen molar-refractivity contribution in [2.75, 3.05) is 7.11 Å². The van der Waals surface area contributed by atoms with Crippen LogP contribution in [0.1, 0.15) is 23.4 Å². The fourth-order valence-electron chi connectivity index (χ4n) is 1.34. The third-order valence-electron chi connectivity index (χ3n) is 2.19. The minimum absolute atomic E-state index is 0.340. The van der Waals surface area contributed by atoms with Crippen LogP contribution in [0.3, 0.4) is 0 Å². The lowest BCUT2D eigenvalue weighted by Gasteiger charge is -2.07. The van der Waals surface area contributed by atoms with Gasteiger partial charge in [-0.3, -0.25) is 14.9 Å². The van der Waals surface area contributed by atoms with Crippen molar-refractivity contribution in [2.24, 2.45) is 0 Å². The molecular weight excluding hydrogens is 264 g/mol. The third kappa shape index (κ3) is 3.19. The number of pyridine rings is 1. The molecule has 1 aromatic heterocycles. The van der Waals surface area contributed by atoms with E-state index in [4.69, 9.17) is 5.26 Å². The Morgan fingerprint density at radius 2 is 2.32 bits per heavy atom. The average Bonchev–Trinajstić information content (AvgIpc) is 2.37. The molecule has 0 aliphatic carbocycles. The minimum Gasteiger partial charge on any atom is -0.469 e. The van der Waals surface area contributed by atoms with Crippen LogP contribution in [0.25, 0.3) is 0 Å². The summed E-state index contributed by atoms with van der Waals surface area (Å²) >= 11 is 0. The van der Waals surface area contributed by atoms with E-state index >= 15 is 0 Å². The van der Waals surface area contributed by atoms with Gasteiger partial charge in [0.1, 0.15) is 11.8 Å². The first-order valence-electron chi connectivity index (χ1n) is 4.84. The zero-order chi connectivity index (χ0) is 14.6. The van der Waals surface area contributed by atoms with Crippen LogP contribution in [-0.4, -0.2) is 23.0 Å². The number of nitrogens with zero attached hydrogens (tertiary/aromatic N) is 3. The molecule has 0 aromatic carbocycles. The van der Waals surface area contributed by atoms with Gasteiger partial charge in [-0.25, -0.2) is 13.8 Å². The number of carbonyl (C=O) groups is 1. The van der Waals surface area contributed by atoms with Gasteiger partial charge in [0.25, 0.3) is 6.43 Å². The Morgan fingerprint density at radius 1 is 1.68 bits per heavy atom.